The number of amides is 1. The van der Waals surface area contributed by atoms with E-state index in [0.29, 0.717) is 42.1 Å². The summed E-state index contributed by atoms with van der Waals surface area (Å²) >= 11 is 13.8. The van der Waals surface area contributed by atoms with Crippen LogP contribution in [0.5, 0.6) is 5.75 Å². The Morgan fingerprint density at radius 3 is 2.74 bits per heavy atom. The van der Waals surface area contributed by atoms with Gasteiger partial charge in [-0.2, -0.15) is 5.10 Å². The van der Waals surface area contributed by atoms with Gasteiger partial charge in [-0.1, -0.05) is 40.6 Å². The standard InChI is InChI=1S/C25H22Cl2FN5O4S2/c1-13-30-33-24-20(29-25(33)38-13)8-9-32(23(24)17-6-2-14(26)10-19(17)28)22(34)12-37-21-7-3-15(11-18(21)27)31-39(35,36)16-4-5-16/h2-3,6-7,10-11,16,23,31H,4-5,8-9,12H2,1H3. The molecule has 1 N–H and O–H groups in total. The van der Waals surface area contributed by atoms with Crippen LogP contribution in [0, 0.1) is 12.7 Å². The van der Waals surface area contributed by atoms with E-state index in [1.807, 2.05) is 6.92 Å². The summed E-state index contributed by atoms with van der Waals surface area (Å²) in [6.07, 6.45) is 1.74. The molecule has 0 spiro atoms. The first-order valence-corrected chi connectivity index (χ1v) is 15.3. The van der Waals surface area contributed by atoms with Crippen molar-refractivity contribution >= 4 is 61.1 Å². The number of rotatable bonds is 7. The summed E-state index contributed by atoms with van der Waals surface area (Å²) in [5.41, 5.74) is 1.97. The number of benzene rings is 2. The third kappa shape index (κ3) is 5.06. The molecule has 1 amide bonds. The molecule has 1 unspecified atom stereocenters. The number of aryl methyl sites for hydroxylation is 1. The molecule has 2 aliphatic rings. The molecule has 2 aromatic carbocycles. The highest BCUT2D eigenvalue weighted by molar-refractivity contribution is 7.93. The number of fused-ring (bicyclic) bond motifs is 3. The normalized spacial score (nSPS) is 17.3. The molecule has 1 saturated carbocycles. The van der Waals surface area contributed by atoms with Crippen LogP contribution in [0.15, 0.2) is 36.4 Å². The first-order chi connectivity index (χ1) is 18.6. The molecule has 1 atom stereocenters. The number of hydrogen-bond acceptors (Lipinski definition) is 7. The monoisotopic (exact) mass is 609 g/mol. The largest absolute Gasteiger partial charge is 0.482 e. The van der Waals surface area contributed by atoms with Crippen LogP contribution in [0.1, 0.15) is 40.8 Å². The summed E-state index contributed by atoms with van der Waals surface area (Å²) in [6, 6.07) is 8.03. The number of hydrogen-bond donors (Lipinski definition) is 1. The first kappa shape index (κ1) is 26.3. The van der Waals surface area contributed by atoms with Gasteiger partial charge >= 0.3 is 0 Å². The zero-order valence-corrected chi connectivity index (χ0v) is 23.7. The van der Waals surface area contributed by atoms with E-state index in [0.717, 1.165) is 10.7 Å². The summed E-state index contributed by atoms with van der Waals surface area (Å²) in [4.78, 5) is 20.4. The highest BCUT2D eigenvalue weighted by Gasteiger charge is 2.38. The van der Waals surface area contributed by atoms with Crippen molar-refractivity contribution in [3.8, 4) is 5.75 Å². The maximum atomic E-state index is 15.2. The maximum absolute atomic E-state index is 15.2. The Morgan fingerprint density at radius 2 is 2.03 bits per heavy atom. The maximum Gasteiger partial charge on any atom is 0.261 e. The number of aromatic nitrogens is 3. The van der Waals surface area contributed by atoms with E-state index < -0.39 is 27.8 Å². The van der Waals surface area contributed by atoms with Gasteiger partial charge in [-0.3, -0.25) is 9.52 Å². The summed E-state index contributed by atoms with van der Waals surface area (Å²) < 4.78 is 49.6. The lowest BCUT2D eigenvalue weighted by Gasteiger charge is -2.35. The molecular formula is C25H22Cl2FN5O4S2. The fourth-order valence-electron chi connectivity index (χ4n) is 4.70. The SMILES string of the molecule is Cc1nn2c3c(nc2s1)CCN(C(=O)COc1ccc(NS(=O)(=O)C2CC2)cc1Cl)C3c1ccc(Cl)cc1F. The van der Waals surface area contributed by atoms with Crippen LogP contribution in [0.4, 0.5) is 10.1 Å². The molecule has 1 fully saturated rings. The van der Waals surface area contributed by atoms with Gasteiger partial charge in [0.25, 0.3) is 5.91 Å². The van der Waals surface area contributed by atoms with E-state index in [4.69, 9.17) is 27.9 Å². The van der Waals surface area contributed by atoms with Crippen molar-refractivity contribution in [2.75, 3.05) is 17.9 Å². The van der Waals surface area contributed by atoms with Gasteiger partial charge in [0, 0.05) is 23.6 Å². The molecule has 1 aliphatic heterocycles. The molecule has 6 rings (SSSR count). The van der Waals surface area contributed by atoms with Crippen molar-refractivity contribution in [2.24, 2.45) is 0 Å². The van der Waals surface area contributed by atoms with Gasteiger partial charge in [0.05, 0.1) is 27.3 Å². The highest BCUT2D eigenvalue weighted by atomic mass is 35.5. The number of anilines is 1. The van der Waals surface area contributed by atoms with Crippen molar-refractivity contribution < 1.29 is 22.3 Å². The molecule has 204 valence electrons. The quantitative estimate of drug-likeness (QED) is 0.316. The molecule has 14 heteroatoms. The van der Waals surface area contributed by atoms with Crippen molar-refractivity contribution in [2.45, 2.75) is 37.5 Å². The predicted octanol–water partition coefficient (Wildman–Crippen LogP) is 5.00. The fraction of sp³-hybridized carbons (Fsp3) is 0.320. The minimum Gasteiger partial charge on any atom is -0.482 e. The van der Waals surface area contributed by atoms with Crippen LogP contribution in [-0.4, -0.2) is 52.2 Å². The second kappa shape index (κ2) is 9.92. The van der Waals surface area contributed by atoms with Crippen molar-refractivity contribution in [1.82, 2.24) is 19.5 Å². The van der Waals surface area contributed by atoms with E-state index >= 15 is 4.39 Å². The average Bonchev–Trinajstić information content (AvgIpc) is 3.60. The van der Waals surface area contributed by atoms with Crippen molar-refractivity contribution in [1.29, 1.82) is 0 Å². The predicted molar refractivity (Wildman–Crippen MR) is 147 cm³/mol. The lowest BCUT2D eigenvalue weighted by Crippen LogP contribution is -2.43. The van der Waals surface area contributed by atoms with Crippen LogP contribution < -0.4 is 9.46 Å². The number of nitrogens with zero attached hydrogens (tertiary/aromatic N) is 4. The number of halogens is 3. The molecule has 0 bridgehead atoms. The first-order valence-electron chi connectivity index (χ1n) is 12.1. The summed E-state index contributed by atoms with van der Waals surface area (Å²) in [7, 11) is -3.44. The molecule has 4 aromatic rings. The molecule has 0 radical (unpaired) electrons. The van der Waals surface area contributed by atoms with Gasteiger partial charge in [-0.05, 0) is 50.1 Å². The zero-order chi connectivity index (χ0) is 27.5. The third-order valence-corrected chi connectivity index (χ3v) is 9.88. The third-order valence-electron chi connectivity index (χ3n) is 6.66. The molecule has 0 saturated heterocycles. The molecule has 2 aromatic heterocycles. The zero-order valence-electron chi connectivity index (χ0n) is 20.5. The minimum atomic E-state index is -3.44. The topological polar surface area (TPSA) is 106 Å². The molecule has 39 heavy (non-hydrogen) atoms. The fourth-order valence-corrected chi connectivity index (χ4v) is 7.24. The number of nitrogens with one attached hydrogen (secondary N) is 1. The second-order valence-corrected chi connectivity index (χ2v) is 13.4. The van der Waals surface area contributed by atoms with Crippen LogP contribution in [0.3, 0.4) is 0 Å². The molecule has 3 heterocycles. The Bertz CT molecular complexity index is 1720. The smallest absolute Gasteiger partial charge is 0.261 e. The van der Waals surface area contributed by atoms with Crippen molar-refractivity contribution in [3.63, 3.8) is 0 Å². The minimum absolute atomic E-state index is 0.149. The number of carbonyl (C=O) groups excluding carboxylic acids is 1. The van der Waals surface area contributed by atoms with Gasteiger partial charge in [0.15, 0.2) is 6.61 Å². The summed E-state index contributed by atoms with van der Waals surface area (Å²) in [6.45, 7) is 1.78. The van der Waals surface area contributed by atoms with E-state index in [1.165, 1.54) is 35.6 Å². The number of carbonyl (C=O) groups is 1. The van der Waals surface area contributed by atoms with Gasteiger partial charge in [-0.15, -0.1) is 0 Å². The van der Waals surface area contributed by atoms with E-state index in [1.54, 1.807) is 21.5 Å². The Labute approximate surface area is 237 Å². The molecular weight excluding hydrogens is 588 g/mol. The van der Waals surface area contributed by atoms with Gasteiger partial charge in [0.1, 0.15) is 22.6 Å². The number of imidazole rings is 1. The van der Waals surface area contributed by atoms with Gasteiger partial charge in [-0.25, -0.2) is 22.3 Å². The molecule has 9 nitrogen and oxygen atoms in total. The van der Waals surface area contributed by atoms with E-state index in [-0.39, 0.29) is 33.2 Å². The Morgan fingerprint density at radius 1 is 1.23 bits per heavy atom. The lowest BCUT2D eigenvalue weighted by atomic mass is 9.95. The summed E-state index contributed by atoms with van der Waals surface area (Å²) in [5.74, 6) is -0.724. The van der Waals surface area contributed by atoms with E-state index in [9.17, 15) is 13.2 Å². The van der Waals surface area contributed by atoms with E-state index in [2.05, 4.69) is 14.8 Å². The highest BCUT2D eigenvalue weighted by Crippen LogP contribution is 2.39. The van der Waals surface area contributed by atoms with Gasteiger partial charge < -0.3 is 9.64 Å². The lowest BCUT2D eigenvalue weighted by molar-refractivity contribution is -0.135. The Kier molecular flexibility index (Phi) is 6.69. The van der Waals surface area contributed by atoms with Crippen LogP contribution in [0.25, 0.3) is 4.96 Å². The van der Waals surface area contributed by atoms with Crippen LogP contribution in [-0.2, 0) is 21.2 Å². The van der Waals surface area contributed by atoms with Crippen molar-refractivity contribution in [3.05, 3.63) is 74.2 Å². The Balaban J connectivity index is 1.26. The van der Waals surface area contributed by atoms with Crippen LogP contribution in [0.2, 0.25) is 10.0 Å². The average molecular weight is 611 g/mol. The van der Waals surface area contributed by atoms with Gasteiger partial charge in [0.2, 0.25) is 15.0 Å². The number of sulfonamides is 1. The number of ether oxygens (including phenoxy) is 1. The second-order valence-electron chi connectivity index (χ2n) is 9.45. The molecule has 1 aliphatic carbocycles. The summed E-state index contributed by atoms with van der Waals surface area (Å²) in [5, 5.41) is 5.35. The van der Waals surface area contributed by atoms with Crippen LogP contribution >= 0.6 is 34.5 Å². The Hall–Kier alpha value is -2.93.